The van der Waals surface area contributed by atoms with Gasteiger partial charge in [0.1, 0.15) is 6.67 Å². The fourth-order valence-corrected chi connectivity index (χ4v) is 1.17. The smallest absolute Gasteiger partial charge is 0.102 e. The molecule has 0 aromatic carbocycles. The summed E-state index contributed by atoms with van der Waals surface area (Å²) in [6, 6.07) is 0. The fraction of sp³-hybridized carbons (Fsp3) is 1.00. The van der Waals surface area contributed by atoms with Gasteiger partial charge in [0.2, 0.25) is 0 Å². The van der Waals surface area contributed by atoms with E-state index in [4.69, 9.17) is 16.3 Å². The van der Waals surface area contributed by atoms with Gasteiger partial charge in [0, 0.05) is 20.2 Å². The molecule has 0 aromatic heterocycles. The Morgan fingerprint density at radius 1 is 1.64 bits per heavy atom. The number of hydrogen-bond donors (Lipinski definition) is 0. The summed E-state index contributed by atoms with van der Waals surface area (Å²) in [7, 11) is 3.44. The van der Waals surface area contributed by atoms with Gasteiger partial charge in [0.25, 0.3) is 0 Å². The van der Waals surface area contributed by atoms with Gasteiger partial charge in [-0.05, 0) is 7.05 Å². The highest BCUT2D eigenvalue weighted by molar-refractivity contribution is 6.20. The van der Waals surface area contributed by atoms with Gasteiger partial charge in [-0.15, -0.1) is 11.6 Å². The number of nitrogens with zero attached hydrogens (tertiary/aromatic N) is 1. The molecule has 0 rings (SSSR count). The van der Waals surface area contributed by atoms with Crippen molar-refractivity contribution in [2.75, 3.05) is 40.5 Å². The van der Waals surface area contributed by atoms with Crippen LogP contribution in [0.3, 0.4) is 0 Å². The van der Waals surface area contributed by atoms with Gasteiger partial charge in [0.05, 0.1) is 12.0 Å². The Balaban J connectivity index is 3.32. The first-order valence-corrected chi connectivity index (χ1v) is 4.02. The lowest BCUT2D eigenvalue weighted by Gasteiger charge is -2.17. The van der Waals surface area contributed by atoms with Crippen molar-refractivity contribution in [3.05, 3.63) is 0 Å². The molecule has 1 unspecified atom stereocenters. The van der Waals surface area contributed by atoms with E-state index in [9.17, 15) is 4.39 Å². The van der Waals surface area contributed by atoms with E-state index in [-0.39, 0.29) is 12.1 Å². The predicted molar refractivity (Wildman–Crippen MR) is 45.0 cm³/mol. The monoisotopic (exact) mass is 183 g/mol. The molecule has 4 heteroatoms. The average Bonchev–Trinajstić information content (AvgIpc) is 1.87. The van der Waals surface area contributed by atoms with Crippen LogP contribution in [0.15, 0.2) is 0 Å². The van der Waals surface area contributed by atoms with Crippen LogP contribution >= 0.6 is 11.6 Å². The van der Waals surface area contributed by atoms with Crippen LogP contribution in [0.2, 0.25) is 0 Å². The first-order valence-electron chi connectivity index (χ1n) is 3.58. The fourth-order valence-electron chi connectivity index (χ4n) is 0.807. The van der Waals surface area contributed by atoms with E-state index in [1.54, 1.807) is 7.11 Å². The summed E-state index contributed by atoms with van der Waals surface area (Å²) in [5, 5.41) is -0.0449. The van der Waals surface area contributed by atoms with Gasteiger partial charge >= 0.3 is 0 Å². The second-order valence-electron chi connectivity index (χ2n) is 2.50. The molecule has 0 aliphatic carbocycles. The lowest BCUT2D eigenvalue weighted by molar-refractivity contribution is 0.180. The molecule has 0 aromatic rings. The Bertz CT molecular complexity index is 84.5. The van der Waals surface area contributed by atoms with Gasteiger partial charge in [0.15, 0.2) is 0 Å². The molecular formula is C7H15ClFNO. The van der Waals surface area contributed by atoms with Gasteiger partial charge in [-0.2, -0.15) is 0 Å². The largest absolute Gasteiger partial charge is 0.383 e. The summed E-state index contributed by atoms with van der Waals surface area (Å²) in [6.45, 7) is 1.29. The molecule has 0 aliphatic heterocycles. The number of rotatable bonds is 6. The molecule has 68 valence electrons. The first-order chi connectivity index (χ1) is 5.20. The Kier molecular flexibility index (Phi) is 6.91. The molecule has 0 heterocycles. The van der Waals surface area contributed by atoms with Crippen LogP contribution in [0.25, 0.3) is 0 Å². The van der Waals surface area contributed by atoms with Crippen molar-refractivity contribution in [3.63, 3.8) is 0 Å². The molecule has 0 radical (unpaired) electrons. The van der Waals surface area contributed by atoms with Crippen molar-refractivity contribution in [3.8, 4) is 0 Å². The predicted octanol–water partition coefficient (Wildman–Crippen LogP) is 1.14. The Labute approximate surface area is 72.3 Å². The van der Waals surface area contributed by atoms with Crippen molar-refractivity contribution in [1.82, 2.24) is 4.90 Å². The highest BCUT2D eigenvalue weighted by Crippen LogP contribution is 1.98. The number of hydrogen-bond acceptors (Lipinski definition) is 2. The topological polar surface area (TPSA) is 12.5 Å². The SMILES string of the molecule is COCC(Cl)CN(C)CCF. The molecule has 0 saturated carbocycles. The van der Waals surface area contributed by atoms with Crippen molar-refractivity contribution in [1.29, 1.82) is 0 Å². The van der Waals surface area contributed by atoms with Crippen LogP contribution in [0, 0.1) is 0 Å². The van der Waals surface area contributed by atoms with Gasteiger partial charge in [-0.25, -0.2) is 4.39 Å². The molecular weight excluding hydrogens is 169 g/mol. The Morgan fingerprint density at radius 2 is 2.27 bits per heavy atom. The van der Waals surface area contributed by atoms with E-state index in [1.165, 1.54) is 0 Å². The van der Waals surface area contributed by atoms with Crippen LogP contribution in [-0.4, -0.2) is 50.8 Å². The highest BCUT2D eigenvalue weighted by Gasteiger charge is 2.06. The maximum atomic E-state index is 11.8. The third-order valence-corrected chi connectivity index (χ3v) is 1.59. The first kappa shape index (κ1) is 11.1. The third kappa shape index (κ3) is 6.53. The second kappa shape index (κ2) is 6.83. The molecule has 11 heavy (non-hydrogen) atoms. The third-order valence-electron chi connectivity index (χ3n) is 1.32. The van der Waals surface area contributed by atoms with Gasteiger partial charge in [-0.3, -0.25) is 0 Å². The van der Waals surface area contributed by atoms with E-state index < -0.39 is 0 Å². The van der Waals surface area contributed by atoms with Crippen LogP contribution in [0.4, 0.5) is 4.39 Å². The number of ether oxygens (including phenoxy) is 1. The van der Waals surface area contributed by atoms with Crippen molar-refractivity contribution in [2.45, 2.75) is 5.38 Å². The van der Waals surface area contributed by atoms with Gasteiger partial charge in [-0.1, -0.05) is 0 Å². The highest BCUT2D eigenvalue weighted by atomic mass is 35.5. The minimum absolute atomic E-state index is 0.0449. The molecule has 1 atom stereocenters. The lowest BCUT2D eigenvalue weighted by Crippen LogP contribution is -2.30. The summed E-state index contributed by atoms with van der Waals surface area (Å²) >= 11 is 5.82. The maximum Gasteiger partial charge on any atom is 0.102 e. The molecule has 0 N–H and O–H groups in total. The molecule has 2 nitrogen and oxygen atoms in total. The standard InChI is InChI=1S/C7H15ClFNO/c1-10(4-3-9)5-7(8)6-11-2/h7H,3-6H2,1-2H3. The van der Waals surface area contributed by atoms with E-state index in [0.717, 1.165) is 0 Å². The second-order valence-corrected chi connectivity index (χ2v) is 3.12. The van der Waals surface area contributed by atoms with Crippen molar-refractivity contribution in [2.24, 2.45) is 0 Å². The number of methoxy groups -OCH3 is 1. The van der Waals surface area contributed by atoms with E-state index in [2.05, 4.69) is 0 Å². The van der Waals surface area contributed by atoms with Crippen molar-refractivity contribution < 1.29 is 9.13 Å². The Morgan fingerprint density at radius 3 is 2.73 bits per heavy atom. The number of halogens is 2. The zero-order valence-electron chi connectivity index (χ0n) is 7.02. The zero-order chi connectivity index (χ0) is 8.69. The summed E-state index contributed by atoms with van der Waals surface area (Å²) in [5.74, 6) is 0. The maximum absolute atomic E-state index is 11.8. The molecule has 0 spiro atoms. The quantitative estimate of drug-likeness (QED) is 0.573. The minimum Gasteiger partial charge on any atom is -0.383 e. The van der Waals surface area contributed by atoms with E-state index in [1.807, 2.05) is 11.9 Å². The normalized spacial score (nSPS) is 13.9. The lowest BCUT2D eigenvalue weighted by atomic mass is 10.4. The van der Waals surface area contributed by atoms with E-state index in [0.29, 0.717) is 19.7 Å². The summed E-state index contributed by atoms with van der Waals surface area (Å²) in [5.41, 5.74) is 0. The van der Waals surface area contributed by atoms with Crippen LogP contribution in [0.5, 0.6) is 0 Å². The molecule has 0 saturated heterocycles. The molecule has 0 amide bonds. The summed E-state index contributed by atoms with van der Waals surface area (Å²) in [6.07, 6.45) is 0. The van der Waals surface area contributed by atoms with Crippen molar-refractivity contribution >= 4 is 11.6 Å². The summed E-state index contributed by atoms with van der Waals surface area (Å²) in [4.78, 5) is 1.84. The van der Waals surface area contributed by atoms with Gasteiger partial charge < -0.3 is 9.64 Å². The van der Waals surface area contributed by atoms with Crippen LogP contribution in [0.1, 0.15) is 0 Å². The molecule has 0 aliphatic rings. The zero-order valence-corrected chi connectivity index (χ0v) is 7.77. The summed E-state index contributed by atoms with van der Waals surface area (Å²) < 4.78 is 16.6. The number of alkyl halides is 2. The van der Waals surface area contributed by atoms with Crippen LogP contribution < -0.4 is 0 Å². The molecule has 0 fully saturated rings. The van der Waals surface area contributed by atoms with E-state index >= 15 is 0 Å². The van der Waals surface area contributed by atoms with Crippen LogP contribution in [-0.2, 0) is 4.74 Å². The minimum atomic E-state index is -0.326. The Hall–Kier alpha value is 0.140. The molecule has 0 bridgehead atoms. The average molecular weight is 184 g/mol.